The van der Waals surface area contributed by atoms with Crippen LogP contribution in [0, 0.1) is 23.7 Å². The minimum absolute atomic E-state index is 0.000487. The topological polar surface area (TPSA) is 98.7 Å². The minimum Gasteiger partial charge on any atom is -0.394 e. The molecule has 0 aromatic rings. The Labute approximate surface area is 184 Å². The SMILES string of the molecule is CCCCCNC(=O)C1N([C@@H](CO)C(C)C)C(=O)[C@@H]2[C@H](C(=O)NC)[C@@H]3CC(C)C12S3. The number of amides is 3. The van der Waals surface area contributed by atoms with Crippen molar-refractivity contribution in [2.75, 3.05) is 20.2 Å². The Morgan fingerprint density at radius 1 is 1.30 bits per heavy atom. The van der Waals surface area contributed by atoms with Gasteiger partial charge in [0, 0.05) is 18.8 Å². The Morgan fingerprint density at radius 3 is 2.57 bits per heavy atom. The first-order valence-corrected chi connectivity index (χ1v) is 12.2. The second-order valence-corrected chi connectivity index (χ2v) is 11.0. The molecule has 3 aliphatic heterocycles. The number of unbranched alkanes of at least 4 members (excludes halogenated alkanes) is 2. The summed E-state index contributed by atoms with van der Waals surface area (Å²) in [7, 11) is 1.61. The highest BCUT2D eigenvalue weighted by Crippen LogP contribution is 2.68. The summed E-state index contributed by atoms with van der Waals surface area (Å²) in [5, 5.41) is 16.0. The molecule has 0 aliphatic carbocycles. The van der Waals surface area contributed by atoms with E-state index in [-0.39, 0.29) is 41.4 Å². The number of carbonyl (C=O) groups excluding carboxylic acids is 3. The second-order valence-electron chi connectivity index (χ2n) is 9.40. The maximum absolute atomic E-state index is 13.8. The molecule has 0 aromatic heterocycles. The van der Waals surface area contributed by atoms with Crippen molar-refractivity contribution >= 4 is 29.5 Å². The maximum atomic E-state index is 13.8. The van der Waals surface area contributed by atoms with E-state index in [4.69, 9.17) is 0 Å². The minimum atomic E-state index is -0.657. The van der Waals surface area contributed by atoms with Crippen LogP contribution in [0.3, 0.4) is 0 Å². The molecule has 3 amide bonds. The Kier molecular flexibility index (Phi) is 7.07. The van der Waals surface area contributed by atoms with Gasteiger partial charge in [-0.2, -0.15) is 0 Å². The number of nitrogens with one attached hydrogen (secondary N) is 2. The van der Waals surface area contributed by atoms with Crippen molar-refractivity contribution in [1.29, 1.82) is 0 Å². The fourth-order valence-electron chi connectivity index (χ4n) is 5.89. The lowest BCUT2D eigenvalue weighted by molar-refractivity contribution is -0.143. The molecular weight excluding hydrogens is 402 g/mol. The molecule has 3 heterocycles. The number of nitrogens with zero attached hydrogens (tertiary/aromatic N) is 1. The van der Waals surface area contributed by atoms with Gasteiger partial charge in [-0.15, -0.1) is 11.8 Å². The summed E-state index contributed by atoms with van der Waals surface area (Å²) < 4.78 is -0.615. The fraction of sp³-hybridized carbons (Fsp3) is 0.864. The molecule has 0 aromatic carbocycles. The summed E-state index contributed by atoms with van der Waals surface area (Å²) in [6.45, 7) is 8.53. The zero-order chi connectivity index (χ0) is 22.2. The van der Waals surface area contributed by atoms with Gasteiger partial charge < -0.3 is 20.6 Å². The molecule has 3 rings (SSSR count). The number of aliphatic hydroxyl groups excluding tert-OH is 1. The second kappa shape index (κ2) is 9.07. The van der Waals surface area contributed by atoms with E-state index in [0.717, 1.165) is 25.7 Å². The monoisotopic (exact) mass is 439 g/mol. The van der Waals surface area contributed by atoms with Crippen molar-refractivity contribution in [2.24, 2.45) is 23.7 Å². The number of fused-ring (bicyclic) bond motifs is 1. The van der Waals surface area contributed by atoms with Gasteiger partial charge in [0.1, 0.15) is 6.04 Å². The molecule has 3 unspecified atom stereocenters. The van der Waals surface area contributed by atoms with Gasteiger partial charge >= 0.3 is 0 Å². The zero-order valence-corrected chi connectivity index (χ0v) is 19.6. The van der Waals surface area contributed by atoms with Gasteiger partial charge in [-0.1, -0.05) is 40.5 Å². The van der Waals surface area contributed by atoms with Crippen molar-refractivity contribution in [3.8, 4) is 0 Å². The summed E-state index contributed by atoms with van der Waals surface area (Å²) >= 11 is 1.67. The number of rotatable bonds is 9. The Bertz CT molecular complexity index is 687. The van der Waals surface area contributed by atoms with Crippen LogP contribution in [0.2, 0.25) is 0 Å². The van der Waals surface area contributed by atoms with Crippen LogP contribution in [-0.4, -0.2) is 70.0 Å². The lowest BCUT2D eigenvalue weighted by Gasteiger charge is -2.40. The van der Waals surface area contributed by atoms with E-state index in [9.17, 15) is 19.5 Å². The third-order valence-corrected chi connectivity index (χ3v) is 9.45. The first kappa shape index (κ1) is 23.4. The van der Waals surface area contributed by atoms with Gasteiger partial charge in [-0.25, -0.2) is 0 Å². The van der Waals surface area contributed by atoms with E-state index in [1.807, 2.05) is 13.8 Å². The zero-order valence-electron chi connectivity index (χ0n) is 18.8. The third-order valence-electron chi connectivity index (χ3n) is 7.37. The number of aliphatic hydroxyl groups is 1. The molecule has 7 atom stereocenters. The number of thioether (sulfide) groups is 1. The predicted octanol–water partition coefficient (Wildman–Crippen LogP) is 1.39. The van der Waals surface area contributed by atoms with Gasteiger partial charge in [-0.05, 0) is 24.7 Å². The Hall–Kier alpha value is -1.28. The van der Waals surface area contributed by atoms with Crippen molar-refractivity contribution < 1.29 is 19.5 Å². The third kappa shape index (κ3) is 3.44. The van der Waals surface area contributed by atoms with E-state index >= 15 is 0 Å². The van der Waals surface area contributed by atoms with E-state index < -0.39 is 28.7 Å². The summed E-state index contributed by atoms with van der Waals surface area (Å²) in [6.07, 6.45) is 3.83. The van der Waals surface area contributed by atoms with E-state index in [0.29, 0.717) is 6.54 Å². The van der Waals surface area contributed by atoms with Crippen molar-refractivity contribution in [2.45, 2.75) is 75.5 Å². The van der Waals surface area contributed by atoms with Crippen LogP contribution >= 0.6 is 11.8 Å². The standard InChI is InChI=1S/C22H37N3O4S/c1-6-7-8-9-24-20(28)18-22-13(4)10-15(30-22)16(19(27)23-5)17(22)21(29)25(18)14(11-26)12(2)3/h12-18,26H,6-11H2,1-5H3,(H,23,27)(H,24,28)/t13?,14-,15-,16+,17-,18?,22?/m0/s1. The average Bonchev–Trinajstić information content (AvgIpc) is 3.29. The molecule has 0 radical (unpaired) electrons. The van der Waals surface area contributed by atoms with Crippen molar-refractivity contribution in [3.63, 3.8) is 0 Å². The van der Waals surface area contributed by atoms with Crippen molar-refractivity contribution in [3.05, 3.63) is 0 Å². The number of hydrogen-bond acceptors (Lipinski definition) is 5. The van der Waals surface area contributed by atoms with Crippen LogP contribution in [-0.2, 0) is 14.4 Å². The number of likely N-dealkylation sites (tertiary alicyclic amines) is 1. The van der Waals surface area contributed by atoms with Crippen LogP contribution in [0.4, 0.5) is 0 Å². The lowest BCUT2D eigenvalue weighted by atomic mass is 9.66. The summed E-state index contributed by atoms with van der Waals surface area (Å²) in [6, 6.07) is -1.10. The molecule has 1 spiro atoms. The normalized spacial score (nSPS) is 35.6. The predicted molar refractivity (Wildman–Crippen MR) is 118 cm³/mol. The molecule has 3 aliphatic rings. The molecule has 170 valence electrons. The molecule has 3 fully saturated rings. The first-order chi connectivity index (χ1) is 14.3. The molecule has 8 heteroatoms. The number of hydrogen-bond donors (Lipinski definition) is 3. The van der Waals surface area contributed by atoms with Gasteiger partial charge in [0.25, 0.3) is 0 Å². The van der Waals surface area contributed by atoms with Crippen LogP contribution in [0.1, 0.15) is 53.4 Å². The van der Waals surface area contributed by atoms with Crippen LogP contribution in [0.15, 0.2) is 0 Å². The van der Waals surface area contributed by atoms with Gasteiger partial charge in [0.15, 0.2) is 0 Å². The van der Waals surface area contributed by atoms with Gasteiger partial charge in [0.2, 0.25) is 17.7 Å². The van der Waals surface area contributed by atoms with E-state index in [2.05, 4.69) is 24.5 Å². The van der Waals surface area contributed by atoms with Crippen molar-refractivity contribution in [1.82, 2.24) is 15.5 Å². The molecule has 30 heavy (non-hydrogen) atoms. The Balaban J connectivity index is 2.02. The van der Waals surface area contributed by atoms with Gasteiger partial charge in [0.05, 0.1) is 29.2 Å². The molecular formula is C22H37N3O4S. The lowest BCUT2D eigenvalue weighted by Crippen LogP contribution is -2.59. The molecule has 3 saturated heterocycles. The highest BCUT2D eigenvalue weighted by molar-refractivity contribution is 8.02. The van der Waals surface area contributed by atoms with Crippen LogP contribution < -0.4 is 10.6 Å². The average molecular weight is 440 g/mol. The molecule has 0 saturated carbocycles. The first-order valence-electron chi connectivity index (χ1n) is 11.4. The molecule has 7 nitrogen and oxygen atoms in total. The summed E-state index contributed by atoms with van der Waals surface area (Å²) in [5.41, 5.74) is 0. The van der Waals surface area contributed by atoms with Crippen LogP contribution in [0.5, 0.6) is 0 Å². The highest BCUT2D eigenvalue weighted by atomic mass is 32.2. The molecule has 2 bridgehead atoms. The highest BCUT2D eigenvalue weighted by Gasteiger charge is 2.76. The van der Waals surface area contributed by atoms with Crippen LogP contribution in [0.25, 0.3) is 0 Å². The Morgan fingerprint density at radius 2 is 2.00 bits per heavy atom. The summed E-state index contributed by atoms with van der Waals surface area (Å²) in [4.78, 5) is 41.7. The summed E-state index contributed by atoms with van der Waals surface area (Å²) in [5.74, 6) is -1.20. The smallest absolute Gasteiger partial charge is 0.244 e. The van der Waals surface area contributed by atoms with E-state index in [1.54, 1.807) is 23.7 Å². The maximum Gasteiger partial charge on any atom is 0.244 e. The largest absolute Gasteiger partial charge is 0.394 e. The number of carbonyl (C=O) groups is 3. The quantitative estimate of drug-likeness (QED) is 0.472. The van der Waals surface area contributed by atoms with Gasteiger partial charge in [-0.3, -0.25) is 14.4 Å². The molecule has 3 N–H and O–H groups in total. The van der Waals surface area contributed by atoms with E-state index in [1.165, 1.54) is 0 Å². The fourth-order valence-corrected chi connectivity index (χ4v) is 8.29.